The monoisotopic (exact) mass is 371 g/mol. The Morgan fingerprint density at radius 1 is 1.19 bits per heavy atom. The molecule has 4 nitrogen and oxygen atoms in total. The molecule has 1 aliphatic heterocycles. The first-order valence-electron chi connectivity index (χ1n) is 10.6. The number of hydrogen-bond donors (Lipinski definition) is 1. The van der Waals surface area contributed by atoms with Crippen molar-refractivity contribution in [2.75, 3.05) is 13.1 Å². The number of aliphatic hydroxyl groups is 1. The lowest BCUT2D eigenvalue weighted by Crippen LogP contribution is -2.46. The molecule has 3 fully saturated rings. The number of hydrogen-bond acceptors (Lipinski definition) is 3. The van der Waals surface area contributed by atoms with Crippen LogP contribution in [0.5, 0.6) is 5.75 Å². The molecule has 2 saturated carbocycles. The molecule has 4 heteroatoms. The highest BCUT2D eigenvalue weighted by molar-refractivity contribution is 5.89. The van der Waals surface area contributed by atoms with E-state index in [1.54, 1.807) is 0 Å². The van der Waals surface area contributed by atoms with E-state index in [1.807, 2.05) is 30.9 Å². The van der Waals surface area contributed by atoms with Gasteiger partial charge in [0.05, 0.1) is 23.7 Å². The summed E-state index contributed by atoms with van der Waals surface area (Å²) in [6, 6.07) is 8.15. The Bertz CT molecular complexity index is 688. The molecule has 0 radical (unpaired) electrons. The number of β-amino-alcohol motifs (C(OH)–C–C–N with tert-alkyl or cyclic N) is 1. The highest BCUT2D eigenvalue weighted by atomic mass is 16.5. The number of carbonyl (C=O) groups excluding carboxylic acids is 1. The van der Waals surface area contributed by atoms with Gasteiger partial charge in [0, 0.05) is 12.5 Å². The fourth-order valence-corrected chi connectivity index (χ4v) is 5.32. The average molecular weight is 372 g/mol. The minimum atomic E-state index is -0.676. The maximum Gasteiger partial charge on any atom is 0.233 e. The van der Waals surface area contributed by atoms with Crippen LogP contribution in [0.2, 0.25) is 0 Å². The van der Waals surface area contributed by atoms with Gasteiger partial charge in [-0.25, -0.2) is 0 Å². The molecule has 3 aliphatic rings. The van der Waals surface area contributed by atoms with Crippen molar-refractivity contribution in [3.8, 4) is 5.75 Å². The molecule has 27 heavy (non-hydrogen) atoms. The van der Waals surface area contributed by atoms with E-state index < -0.39 is 11.0 Å². The maximum atomic E-state index is 13.7. The van der Waals surface area contributed by atoms with Crippen LogP contribution in [0.3, 0.4) is 0 Å². The highest BCUT2D eigenvalue weighted by Crippen LogP contribution is 2.49. The molecule has 2 aliphatic carbocycles. The molecule has 1 saturated heterocycles. The third-order valence-electron chi connectivity index (χ3n) is 7.01. The highest BCUT2D eigenvalue weighted by Gasteiger charge is 2.56. The Hall–Kier alpha value is -1.55. The summed E-state index contributed by atoms with van der Waals surface area (Å²) in [5.74, 6) is 1.62. The Morgan fingerprint density at radius 2 is 1.81 bits per heavy atom. The van der Waals surface area contributed by atoms with Crippen molar-refractivity contribution in [1.82, 2.24) is 4.90 Å². The summed E-state index contributed by atoms with van der Waals surface area (Å²) < 4.78 is 5.77. The fourth-order valence-electron chi connectivity index (χ4n) is 5.32. The minimum absolute atomic E-state index is 0.143. The van der Waals surface area contributed by atoms with Gasteiger partial charge >= 0.3 is 0 Å². The van der Waals surface area contributed by atoms with Crippen LogP contribution >= 0.6 is 0 Å². The Morgan fingerprint density at radius 3 is 2.37 bits per heavy atom. The summed E-state index contributed by atoms with van der Waals surface area (Å²) in [6.45, 7) is 7.33. The van der Waals surface area contributed by atoms with Crippen molar-refractivity contribution < 1.29 is 14.6 Å². The van der Waals surface area contributed by atoms with Gasteiger partial charge in [-0.1, -0.05) is 31.9 Å². The predicted octanol–water partition coefficient (Wildman–Crippen LogP) is 3.91. The van der Waals surface area contributed by atoms with Crippen molar-refractivity contribution in [2.24, 2.45) is 11.8 Å². The number of likely N-dealkylation sites (tertiary alicyclic amines) is 1. The molecule has 0 unspecified atom stereocenters. The summed E-state index contributed by atoms with van der Waals surface area (Å²) in [5.41, 5.74) is 0.00517. The SMILES string of the molecule is CC(C)Oc1ccc(C2(C(=O)N3C[C@@H](C)[C@](O)(C4CC4)C3)CCCC2)cc1. The standard InChI is InChI=1S/C23H33NO3/c1-16(2)27-20-10-8-18(9-11-20)22(12-4-5-13-22)21(25)24-14-17(3)23(26,15-24)19-6-7-19/h8-11,16-17,19,26H,4-7,12-15H2,1-3H3/t17-,23+/m1/s1. The van der Waals surface area contributed by atoms with Gasteiger partial charge in [-0.05, 0) is 63.1 Å². The van der Waals surface area contributed by atoms with E-state index in [1.165, 1.54) is 0 Å². The average Bonchev–Trinajstić information content (AvgIpc) is 3.30. The molecule has 1 aromatic carbocycles. The lowest BCUT2D eigenvalue weighted by Gasteiger charge is -2.34. The topological polar surface area (TPSA) is 49.8 Å². The quantitative estimate of drug-likeness (QED) is 0.854. The molecule has 1 heterocycles. The van der Waals surface area contributed by atoms with Crippen LogP contribution in [0, 0.1) is 11.8 Å². The number of amides is 1. The Balaban J connectivity index is 1.57. The molecule has 0 aromatic heterocycles. The maximum absolute atomic E-state index is 13.7. The van der Waals surface area contributed by atoms with Crippen LogP contribution in [-0.2, 0) is 10.2 Å². The molecule has 0 bridgehead atoms. The smallest absolute Gasteiger partial charge is 0.233 e. The van der Waals surface area contributed by atoms with Gasteiger partial charge in [0.25, 0.3) is 0 Å². The third kappa shape index (κ3) is 3.26. The molecule has 148 valence electrons. The van der Waals surface area contributed by atoms with E-state index in [9.17, 15) is 9.90 Å². The fraction of sp³-hybridized carbons (Fsp3) is 0.696. The number of carbonyl (C=O) groups is 1. The number of benzene rings is 1. The summed E-state index contributed by atoms with van der Waals surface area (Å²) in [6.07, 6.45) is 6.34. The molecule has 1 amide bonds. The normalized spacial score (nSPS) is 30.1. The van der Waals surface area contributed by atoms with E-state index in [2.05, 4.69) is 19.1 Å². The lowest BCUT2D eigenvalue weighted by atomic mass is 9.77. The molecular formula is C23H33NO3. The van der Waals surface area contributed by atoms with Crippen molar-refractivity contribution >= 4 is 5.91 Å². The summed E-state index contributed by atoms with van der Waals surface area (Å²) in [7, 11) is 0. The van der Waals surface area contributed by atoms with Crippen LogP contribution in [-0.4, -0.2) is 40.7 Å². The van der Waals surface area contributed by atoms with Gasteiger partial charge in [-0.15, -0.1) is 0 Å². The van der Waals surface area contributed by atoms with E-state index in [-0.39, 0.29) is 17.9 Å². The van der Waals surface area contributed by atoms with E-state index in [0.29, 0.717) is 19.0 Å². The van der Waals surface area contributed by atoms with Crippen LogP contribution in [0.15, 0.2) is 24.3 Å². The van der Waals surface area contributed by atoms with Crippen LogP contribution in [0.25, 0.3) is 0 Å². The zero-order valence-corrected chi connectivity index (χ0v) is 16.9. The zero-order valence-electron chi connectivity index (χ0n) is 16.9. The first kappa shape index (κ1) is 18.8. The Labute approximate surface area is 162 Å². The van der Waals surface area contributed by atoms with Gasteiger partial charge in [0.15, 0.2) is 0 Å². The molecule has 4 rings (SSSR count). The second-order valence-corrected chi connectivity index (χ2v) is 9.33. The predicted molar refractivity (Wildman–Crippen MR) is 106 cm³/mol. The lowest BCUT2D eigenvalue weighted by molar-refractivity contribution is -0.137. The molecule has 1 N–H and O–H groups in total. The van der Waals surface area contributed by atoms with Crippen LogP contribution in [0.4, 0.5) is 0 Å². The van der Waals surface area contributed by atoms with Crippen LogP contribution in [0.1, 0.15) is 64.9 Å². The van der Waals surface area contributed by atoms with Gasteiger partial charge in [-0.2, -0.15) is 0 Å². The molecule has 2 atom stereocenters. The zero-order chi connectivity index (χ0) is 19.2. The summed E-state index contributed by atoms with van der Waals surface area (Å²) in [4.78, 5) is 15.7. The van der Waals surface area contributed by atoms with Gasteiger partial charge in [0.1, 0.15) is 5.75 Å². The van der Waals surface area contributed by atoms with Crippen LogP contribution < -0.4 is 4.74 Å². The van der Waals surface area contributed by atoms with Crippen molar-refractivity contribution in [1.29, 1.82) is 0 Å². The minimum Gasteiger partial charge on any atom is -0.491 e. The second-order valence-electron chi connectivity index (χ2n) is 9.33. The van der Waals surface area contributed by atoms with Gasteiger partial charge in [-0.3, -0.25) is 4.79 Å². The second kappa shape index (κ2) is 6.80. The largest absolute Gasteiger partial charge is 0.491 e. The molecular weight excluding hydrogens is 338 g/mol. The molecule has 1 aromatic rings. The summed E-state index contributed by atoms with van der Waals surface area (Å²) in [5, 5.41) is 11.1. The van der Waals surface area contributed by atoms with Crippen molar-refractivity contribution in [2.45, 2.75) is 76.4 Å². The first-order valence-corrected chi connectivity index (χ1v) is 10.6. The number of ether oxygens (including phenoxy) is 1. The van der Waals surface area contributed by atoms with Crippen molar-refractivity contribution in [3.63, 3.8) is 0 Å². The van der Waals surface area contributed by atoms with Crippen molar-refractivity contribution in [3.05, 3.63) is 29.8 Å². The first-order chi connectivity index (χ1) is 12.8. The number of nitrogens with zero attached hydrogens (tertiary/aromatic N) is 1. The molecule has 0 spiro atoms. The third-order valence-corrected chi connectivity index (χ3v) is 7.01. The number of rotatable bonds is 5. The van der Waals surface area contributed by atoms with E-state index in [0.717, 1.165) is 49.8 Å². The summed E-state index contributed by atoms with van der Waals surface area (Å²) >= 11 is 0. The van der Waals surface area contributed by atoms with E-state index in [4.69, 9.17) is 4.74 Å². The van der Waals surface area contributed by atoms with Gasteiger partial charge < -0.3 is 14.7 Å². The van der Waals surface area contributed by atoms with E-state index >= 15 is 0 Å². The Kier molecular flexibility index (Phi) is 4.74. The van der Waals surface area contributed by atoms with Gasteiger partial charge in [0.2, 0.25) is 5.91 Å².